The number of halogens is 3. The Kier molecular flexibility index (Phi) is 4.97. The Bertz CT molecular complexity index is 741. The second-order valence-corrected chi connectivity index (χ2v) is 6.07. The van der Waals surface area contributed by atoms with Gasteiger partial charge in [0, 0.05) is 18.0 Å². The van der Waals surface area contributed by atoms with Crippen LogP contribution in [0.15, 0.2) is 55.0 Å². The van der Waals surface area contributed by atoms with Gasteiger partial charge in [0.15, 0.2) is 0 Å². The number of nitrogens with two attached hydrogens (primary N) is 1. The molecular formula is C19H19F3N2O. The van der Waals surface area contributed by atoms with Crippen LogP contribution in [-0.4, -0.2) is 4.98 Å². The van der Waals surface area contributed by atoms with Crippen LogP contribution in [0.1, 0.15) is 48.0 Å². The molecule has 3 rings (SSSR count). The molecule has 2 atom stereocenters. The van der Waals surface area contributed by atoms with Crippen molar-refractivity contribution in [2.75, 3.05) is 0 Å². The van der Waals surface area contributed by atoms with E-state index in [2.05, 4.69) is 4.98 Å². The van der Waals surface area contributed by atoms with Gasteiger partial charge in [-0.15, -0.1) is 0 Å². The molecule has 0 amide bonds. The highest BCUT2D eigenvalue weighted by Gasteiger charge is 2.31. The third-order valence-electron chi connectivity index (χ3n) is 4.47. The van der Waals surface area contributed by atoms with E-state index in [-0.39, 0.29) is 6.10 Å². The second-order valence-electron chi connectivity index (χ2n) is 6.07. The van der Waals surface area contributed by atoms with Crippen molar-refractivity contribution in [3.05, 3.63) is 71.7 Å². The van der Waals surface area contributed by atoms with E-state index in [0.717, 1.165) is 42.5 Å². The molecule has 2 aromatic rings. The molecule has 6 heteroatoms. The first-order valence-electron chi connectivity index (χ1n) is 8.13. The Morgan fingerprint density at radius 1 is 1.12 bits per heavy atom. The minimum absolute atomic E-state index is 0.210. The lowest BCUT2D eigenvalue weighted by atomic mass is 9.80. The molecule has 1 aliphatic rings. The zero-order chi connectivity index (χ0) is 17.9. The monoisotopic (exact) mass is 348 g/mol. The average Bonchev–Trinajstić information content (AvgIpc) is 2.61. The Labute approximate surface area is 144 Å². The smallest absolute Gasteiger partial charge is 0.416 e. The van der Waals surface area contributed by atoms with E-state index in [1.807, 2.05) is 12.1 Å². The van der Waals surface area contributed by atoms with Crippen molar-refractivity contribution in [1.82, 2.24) is 4.98 Å². The van der Waals surface area contributed by atoms with E-state index in [1.54, 1.807) is 18.6 Å². The standard InChI is InChI=1S/C19H19F3N2O/c20-19(21,22)14-4-6-15(7-5-14)25-18-8-3-13(2-1-10-23)16-9-11-24-12-17(16)18/h1,4-7,9-13,18H,2-3,8,23H2. The van der Waals surface area contributed by atoms with Crippen molar-refractivity contribution in [2.24, 2.45) is 5.73 Å². The van der Waals surface area contributed by atoms with Gasteiger partial charge in [-0.3, -0.25) is 4.98 Å². The molecule has 0 spiro atoms. The van der Waals surface area contributed by atoms with E-state index >= 15 is 0 Å². The molecule has 1 heterocycles. The van der Waals surface area contributed by atoms with E-state index in [9.17, 15) is 13.2 Å². The maximum absolute atomic E-state index is 12.7. The molecule has 1 aromatic carbocycles. The van der Waals surface area contributed by atoms with Crippen LogP contribution >= 0.6 is 0 Å². The van der Waals surface area contributed by atoms with Gasteiger partial charge in [0.1, 0.15) is 11.9 Å². The van der Waals surface area contributed by atoms with Crippen LogP contribution in [0.4, 0.5) is 13.2 Å². The van der Waals surface area contributed by atoms with Gasteiger partial charge >= 0.3 is 6.18 Å². The van der Waals surface area contributed by atoms with Crippen LogP contribution in [0.2, 0.25) is 0 Å². The average molecular weight is 348 g/mol. The van der Waals surface area contributed by atoms with E-state index in [4.69, 9.17) is 10.5 Å². The molecule has 0 fully saturated rings. The predicted octanol–water partition coefficient (Wildman–Crippen LogP) is 4.96. The molecule has 2 unspecified atom stereocenters. The first-order chi connectivity index (χ1) is 12.0. The summed E-state index contributed by atoms with van der Waals surface area (Å²) in [6.45, 7) is 0. The summed E-state index contributed by atoms with van der Waals surface area (Å²) < 4.78 is 43.9. The molecule has 0 saturated heterocycles. The summed E-state index contributed by atoms with van der Waals surface area (Å²) in [4.78, 5) is 4.18. The van der Waals surface area contributed by atoms with Crippen molar-refractivity contribution in [3.8, 4) is 5.75 Å². The van der Waals surface area contributed by atoms with Crippen molar-refractivity contribution in [1.29, 1.82) is 0 Å². The molecular weight excluding hydrogens is 329 g/mol. The van der Waals surface area contributed by atoms with Gasteiger partial charge in [0.05, 0.1) is 5.56 Å². The Hall–Kier alpha value is -2.50. The normalized spacial score (nSPS) is 20.4. The van der Waals surface area contributed by atoms with Gasteiger partial charge in [0.25, 0.3) is 0 Å². The van der Waals surface area contributed by atoms with Crippen molar-refractivity contribution >= 4 is 0 Å². The number of alkyl halides is 3. The van der Waals surface area contributed by atoms with Crippen molar-refractivity contribution in [3.63, 3.8) is 0 Å². The van der Waals surface area contributed by atoms with Crippen molar-refractivity contribution < 1.29 is 17.9 Å². The lowest BCUT2D eigenvalue weighted by Crippen LogP contribution is -2.19. The SMILES string of the molecule is NC=CCC1CCC(Oc2ccc(C(F)(F)F)cc2)c2cnccc21. The number of benzene rings is 1. The summed E-state index contributed by atoms with van der Waals surface area (Å²) in [6.07, 6.45) is 5.01. The number of allylic oxidation sites excluding steroid dienone is 1. The first-order valence-corrected chi connectivity index (χ1v) is 8.13. The number of fused-ring (bicyclic) bond motifs is 1. The molecule has 0 saturated carbocycles. The zero-order valence-corrected chi connectivity index (χ0v) is 13.5. The van der Waals surface area contributed by atoms with Gasteiger partial charge < -0.3 is 10.5 Å². The number of aromatic nitrogens is 1. The van der Waals surface area contributed by atoms with E-state index in [0.29, 0.717) is 11.7 Å². The van der Waals surface area contributed by atoms with Crippen LogP contribution in [0.25, 0.3) is 0 Å². The highest BCUT2D eigenvalue weighted by Crippen LogP contribution is 2.41. The Morgan fingerprint density at radius 3 is 2.56 bits per heavy atom. The number of ether oxygens (including phenoxy) is 1. The fourth-order valence-corrected chi connectivity index (χ4v) is 3.22. The number of rotatable bonds is 4. The van der Waals surface area contributed by atoms with Gasteiger partial charge in [0.2, 0.25) is 0 Å². The van der Waals surface area contributed by atoms with Crippen LogP contribution in [0, 0.1) is 0 Å². The molecule has 1 aromatic heterocycles. The third kappa shape index (κ3) is 3.95. The lowest BCUT2D eigenvalue weighted by Gasteiger charge is -2.31. The van der Waals surface area contributed by atoms with Crippen LogP contribution in [0.5, 0.6) is 5.75 Å². The van der Waals surface area contributed by atoms with Gasteiger partial charge in [-0.05, 0) is 67.3 Å². The molecule has 2 N–H and O–H groups in total. The predicted molar refractivity (Wildman–Crippen MR) is 89.0 cm³/mol. The van der Waals surface area contributed by atoms with Gasteiger partial charge in [-0.25, -0.2) is 0 Å². The highest BCUT2D eigenvalue weighted by molar-refractivity contribution is 5.35. The summed E-state index contributed by atoms with van der Waals surface area (Å²) >= 11 is 0. The quantitative estimate of drug-likeness (QED) is 0.849. The Balaban J connectivity index is 1.79. The van der Waals surface area contributed by atoms with E-state index < -0.39 is 11.7 Å². The van der Waals surface area contributed by atoms with Crippen LogP contribution in [-0.2, 0) is 6.18 Å². The fraction of sp³-hybridized carbons (Fsp3) is 0.316. The zero-order valence-electron chi connectivity index (χ0n) is 13.5. The highest BCUT2D eigenvalue weighted by atomic mass is 19.4. The third-order valence-corrected chi connectivity index (χ3v) is 4.47. The fourth-order valence-electron chi connectivity index (χ4n) is 3.22. The van der Waals surface area contributed by atoms with Gasteiger partial charge in [-0.1, -0.05) is 6.08 Å². The van der Waals surface area contributed by atoms with Crippen LogP contribution in [0.3, 0.4) is 0 Å². The molecule has 1 aliphatic carbocycles. The van der Waals surface area contributed by atoms with E-state index in [1.165, 1.54) is 12.1 Å². The molecule has 0 aliphatic heterocycles. The molecule has 0 bridgehead atoms. The Morgan fingerprint density at radius 2 is 1.88 bits per heavy atom. The summed E-state index contributed by atoms with van der Waals surface area (Å²) in [7, 11) is 0. The topological polar surface area (TPSA) is 48.1 Å². The number of pyridine rings is 1. The maximum atomic E-state index is 12.7. The summed E-state index contributed by atoms with van der Waals surface area (Å²) in [5.41, 5.74) is 6.91. The van der Waals surface area contributed by atoms with Crippen molar-refractivity contribution in [2.45, 2.75) is 37.5 Å². The lowest BCUT2D eigenvalue weighted by molar-refractivity contribution is -0.137. The number of hydrogen-bond acceptors (Lipinski definition) is 3. The minimum atomic E-state index is -4.34. The molecule has 3 nitrogen and oxygen atoms in total. The largest absolute Gasteiger partial charge is 0.486 e. The maximum Gasteiger partial charge on any atom is 0.416 e. The summed E-state index contributed by atoms with van der Waals surface area (Å²) in [5, 5.41) is 0. The first kappa shape index (κ1) is 17.3. The minimum Gasteiger partial charge on any atom is -0.486 e. The summed E-state index contributed by atoms with van der Waals surface area (Å²) in [5.74, 6) is 0.776. The molecule has 25 heavy (non-hydrogen) atoms. The van der Waals surface area contributed by atoms with Gasteiger partial charge in [-0.2, -0.15) is 13.2 Å². The molecule has 0 radical (unpaired) electrons. The van der Waals surface area contributed by atoms with Crippen LogP contribution < -0.4 is 10.5 Å². The number of nitrogens with zero attached hydrogens (tertiary/aromatic N) is 1. The second kappa shape index (κ2) is 7.17. The summed E-state index contributed by atoms with van der Waals surface area (Å²) in [6, 6.07) is 6.78. The number of hydrogen-bond donors (Lipinski definition) is 1. The molecule has 132 valence electrons.